The Morgan fingerprint density at radius 3 is 2.13 bits per heavy atom. The van der Waals surface area contributed by atoms with Crippen molar-refractivity contribution >= 4 is 16.7 Å². The normalized spacial score (nSPS) is 16.7. The zero-order chi connectivity index (χ0) is 44.4. The summed E-state index contributed by atoms with van der Waals surface area (Å²) in [6.07, 6.45) is 29.2. The second-order valence-electron chi connectivity index (χ2n) is 15.6. The number of benzene rings is 4. The molecule has 0 saturated carbocycles. The van der Waals surface area contributed by atoms with Crippen molar-refractivity contribution in [2.45, 2.75) is 85.0 Å². The van der Waals surface area contributed by atoms with E-state index < -0.39 is 5.41 Å². The van der Waals surface area contributed by atoms with E-state index in [1.165, 1.54) is 40.7 Å². The van der Waals surface area contributed by atoms with Crippen LogP contribution in [0.3, 0.4) is 0 Å². The number of hydrogen-bond donors (Lipinski definition) is 0. The summed E-state index contributed by atoms with van der Waals surface area (Å²) in [7, 11) is 0. The summed E-state index contributed by atoms with van der Waals surface area (Å²) >= 11 is 0. The second kappa shape index (κ2) is 22.9. The number of fused-ring (bicyclic) bond motifs is 1. The summed E-state index contributed by atoms with van der Waals surface area (Å²) in [4.78, 5) is 15.3. The van der Waals surface area contributed by atoms with Gasteiger partial charge < -0.3 is 0 Å². The minimum Gasteiger partial charge on any atom is -0.260 e. The molecule has 0 bridgehead atoms. The van der Waals surface area contributed by atoms with Gasteiger partial charge in [-0.15, -0.1) is 0 Å². The topological polar surface area (TPSA) is 38.7 Å². The molecule has 6 aromatic rings. The Balaban J connectivity index is 0.00000104. The van der Waals surface area contributed by atoms with Crippen LogP contribution in [0, 0.1) is 0 Å². The summed E-state index contributed by atoms with van der Waals surface area (Å²) in [5, 5.41) is 0. The maximum absolute atomic E-state index is 5.18. The first-order chi connectivity index (χ1) is 31.0. The van der Waals surface area contributed by atoms with Gasteiger partial charge in [-0.1, -0.05) is 218 Å². The zero-order valence-corrected chi connectivity index (χ0v) is 38.1. The van der Waals surface area contributed by atoms with Gasteiger partial charge in [0.05, 0.1) is 22.5 Å². The molecule has 63 heavy (non-hydrogen) atoms. The summed E-state index contributed by atoms with van der Waals surface area (Å²) in [6.45, 7) is 16.5. The third-order valence-corrected chi connectivity index (χ3v) is 11.5. The van der Waals surface area contributed by atoms with Gasteiger partial charge in [0.25, 0.3) is 0 Å². The molecule has 8 rings (SSSR count). The van der Waals surface area contributed by atoms with Gasteiger partial charge in [0, 0.05) is 23.3 Å². The number of hydrogen-bond acceptors (Lipinski definition) is 3. The van der Waals surface area contributed by atoms with Crippen LogP contribution in [0.15, 0.2) is 201 Å². The summed E-state index contributed by atoms with van der Waals surface area (Å²) in [5.74, 6) is 1.03. The molecule has 0 fully saturated rings. The molecular weight excluding hydrogens is 763 g/mol. The van der Waals surface area contributed by atoms with Crippen molar-refractivity contribution in [2.24, 2.45) is 0 Å². The van der Waals surface area contributed by atoms with Crippen molar-refractivity contribution in [1.29, 1.82) is 0 Å². The molecule has 2 aromatic heterocycles. The predicted octanol–water partition coefficient (Wildman–Crippen LogP) is 16.4. The van der Waals surface area contributed by atoms with Gasteiger partial charge in [-0.2, -0.15) is 0 Å². The molecule has 318 valence electrons. The Kier molecular flexibility index (Phi) is 16.7. The average molecular weight is 826 g/mol. The molecule has 2 aliphatic rings. The van der Waals surface area contributed by atoms with Gasteiger partial charge >= 0.3 is 0 Å². The van der Waals surface area contributed by atoms with Crippen LogP contribution in [0.25, 0.3) is 39.1 Å². The van der Waals surface area contributed by atoms with Crippen LogP contribution in [0.1, 0.15) is 119 Å². The molecule has 2 aliphatic carbocycles. The fourth-order valence-corrected chi connectivity index (χ4v) is 8.07. The van der Waals surface area contributed by atoms with Crippen LogP contribution in [-0.2, 0) is 5.41 Å². The van der Waals surface area contributed by atoms with Gasteiger partial charge in [0.15, 0.2) is 5.82 Å². The molecule has 2 atom stereocenters. The zero-order valence-electron chi connectivity index (χ0n) is 38.1. The molecule has 2 heterocycles. The highest BCUT2D eigenvalue weighted by Gasteiger charge is 2.42. The monoisotopic (exact) mass is 826 g/mol. The number of pyridine rings is 1. The number of allylic oxidation sites excluding steroid dienone is 13. The summed E-state index contributed by atoms with van der Waals surface area (Å²) < 4.78 is 0. The van der Waals surface area contributed by atoms with E-state index in [1.807, 2.05) is 45.2 Å². The molecule has 0 radical (unpaired) electrons. The lowest BCUT2D eigenvalue weighted by atomic mass is 9.73. The van der Waals surface area contributed by atoms with Crippen LogP contribution in [0.4, 0.5) is 0 Å². The molecule has 0 spiro atoms. The molecular formula is C60H63N3. The van der Waals surface area contributed by atoms with Crippen LogP contribution in [0.5, 0.6) is 0 Å². The van der Waals surface area contributed by atoms with Crippen LogP contribution in [0.2, 0.25) is 0 Å². The molecule has 0 N–H and O–H groups in total. The average Bonchev–Trinajstić information content (AvgIpc) is 3.70. The van der Waals surface area contributed by atoms with E-state index in [9.17, 15) is 0 Å². The van der Waals surface area contributed by atoms with Crippen molar-refractivity contribution in [3.8, 4) is 22.4 Å². The molecule has 3 nitrogen and oxygen atoms in total. The number of rotatable bonds is 13. The fraction of sp³-hybridized carbons (Fsp3) is 0.217. The van der Waals surface area contributed by atoms with E-state index in [1.54, 1.807) is 6.08 Å². The highest BCUT2D eigenvalue weighted by molar-refractivity contribution is 5.89. The lowest BCUT2D eigenvalue weighted by molar-refractivity contribution is 0.757. The first kappa shape index (κ1) is 45.8. The highest BCUT2D eigenvalue weighted by Crippen LogP contribution is 2.50. The van der Waals surface area contributed by atoms with E-state index >= 15 is 0 Å². The Labute approximate surface area is 377 Å². The Bertz CT molecular complexity index is 2560. The van der Waals surface area contributed by atoms with Crippen molar-refractivity contribution in [3.05, 3.63) is 240 Å². The standard InChI is InChI=1S/C54H47N3.C4H10.C2H6/c1-4-7-11-22-46-38-54(47-25-14-10-15-26-47,52-27-16-17-34-55-52)49-33-32-44(36-48(46)49)43-23-18-24-45(35-43)51-37-50(56-53(57-51)39(6-3)19-8-5-2)42-30-28-41(29-31-42)40-20-12-9-13-21-40;1-3-4-2;1-2/h5-6,8-28,30-38,41H,2,4,7,29H2,1,3H3;3-4H2,1-2H3;1-2H3/b19-8-,22-11-,39-6+;;. The SMILES string of the molecule is C=C/C=C\C(=C/C)c1nc(C2=CCC(c3ccccc3)C=C2)cc(-c2cccc(-c3ccc4c(c3)C(/C=C\CCC)=CC4(c3ccccc3)c3ccccn3)c2)n1.CC.CCCC. The maximum Gasteiger partial charge on any atom is 0.160 e. The lowest BCUT2D eigenvalue weighted by Crippen LogP contribution is -2.26. The lowest BCUT2D eigenvalue weighted by Gasteiger charge is -2.29. The molecule has 4 aromatic carbocycles. The largest absolute Gasteiger partial charge is 0.260 e. The summed E-state index contributed by atoms with van der Waals surface area (Å²) in [5.41, 5.74) is 13.9. The molecule has 3 heteroatoms. The van der Waals surface area contributed by atoms with E-state index in [0.717, 1.165) is 64.2 Å². The maximum atomic E-state index is 5.18. The van der Waals surface area contributed by atoms with Gasteiger partial charge in [-0.25, -0.2) is 9.97 Å². The van der Waals surface area contributed by atoms with Gasteiger partial charge in [0.2, 0.25) is 0 Å². The second-order valence-corrected chi connectivity index (χ2v) is 15.6. The first-order valence-electron chi connectivity index (χ1n) is 22.9. The van der Waals surface area contributed by atoms with E-state index in [0.29, 0.717) is 11.7 Å². The third kappa shape index (κ3) is 10.7. The Morgan fingerprint density at radius 2 is 1.46 bits per heavy atom. The van der Waals surface area contributed by atoms with Crippen LogP contribution in [-0.4, -0.2) is 15.0 Å². The van der Waals surface area contributed by atoms with E-state index in [2.05, 4.69) is 191 Å². The molecule has 0 aliphatic heterocycles. The molecule has 2 unspecified atom stereocenters. The predicted molar refractivity (Wildman–Crippen MR) is 271 cm³/mol. The smallest absolute Gasteiger partial charge is 0.160 e. The number of unbranched alkanes of at least 4 members (excludes halogenated alkanes) is 2. The molecule has 0 saturated heterocycles. The van der Waals surface area contributed by atoms with Crippen LogP contribution >= 0.6 is 0 Å². The van der Waals surface area contributed by atoms with Crippen molar-refractivity contribution in [2.75, 3.05) is 0 Å². The quantitative estimate of drug-likeness (QED) is 0.109. The minimum absolute atomic E-state index is 0.348. The van der Waals surface area contributed by atoms with Crippen molar-refractivity contribution < 1.29 is 0 Å². The van der Waals surface area contributed by atoms with Gasteiger partial charge in [-0.3, -0.25) is 4.98 Å². The highest BCUT2D eigenvalue weighted by atomic mass is 14.9. The molecule has 0 amide bonds. The van der Waals surface area contributed by atoms with Crippen molar-refractivity contribution in [3.63, 3.8) is 0 Å². The van der Waals surface area contributed by atoms with Crippen LogP contribution < -0.4 is 0 Å². The third-order valence-electron chi connectivity index (χ3n) is 11.5. The summed E-state index contributed by atoms with van der Waals surface area (Å²) in [6, 6.07) is 45.5. The number of nitrogens with zero attached hydrogens (tertiary/aromatic N) is 3. The van der Waals surface area contributed by atoms with E-state index in [4.69, 9.17) is 15.0 Å². The Morgan fingerprint density at radius 1 is 0.746 bits per heavy atom. The number of aromatic nitrogens is 3. The van der Waals surface area contributed by atoms with Crippen molar-refractivity contribution in [1.82, 2.24) is 15.0 Å². The fourth-order valence-electron chi connectivity index (χ4n) is 8.07. The minimum atomic E-state index is -0.508. The first-order valence-corrected chi connectivity index (χ1v) is 22.9. The van der Waals surface area contributed by atoms with E-state index in [-0.39, 0.29) is 0 Å². The van der Waals surface area contributed by atoms with Gasteiger partial charge in [-0.05, 0) is 94.6 Å². The Hall–Kier alpha value is -6.71. The van der Waals surface area contributed by atoms with Gasteiger partial charge in [0.1, 0.15) is 0 Å².